The number of nitrogens with one attached hydrogen (secondary N) is 1. The van der Waals surface area contributed by atoms with Crippen molar-refractivity contribution >= 4 is 0 Å². The van der Waals surface area contributed by atoms with Crippen molar-refractivity contribution in [2.75, 3.05) is 26.2 Å². The predicted octanol–water partition coefficient (Wildman–Crippen LogP) is 0.687. The second kappa shape index (κ2) is 5.69. The van der Waals surface area contributed by atoms with Gasteiger partial charge in [0.2, 0.25) is 0 Å². The number of β-amino-alcohol motifs (C(OH)–C–C–N with tert-alkyl or cyclic N) is 1. The first-order valence-corrected chi connectivity index (χ1v) is 5.72. The fraction of sp³-hybridized carbons (Fsp3) is 1.00. The third-order valence-electron chi connectivity index (χ3n) is 2.88. The van der Waals surface area contributed by atoms with Crippen LogP contribution in [0.1, 0.15) is 27.2 Å². The summed E-state index contributed by atoms with van der Waals surface area (Å²) in [7, 11) is 0. The van der Waals surface area contributed by atoms with E-state index in [-0.39, 0.29) is 6.10 Å². The van der Waals surface area contributed by atoms with Crippen LogP contribution in [0.3, 0.4) is 0 Å². The molecule has 0 radical (unpaired) electrons. The summed E-state index contributed by atoms with van der Waals surface area (Å²) in [6.07, 6.45) is 1.02. The van der Waals surface area contributed by atoms with E-state index in [1.54, 1.807) is 0 Å². The summed E-state index contributed by atoms with van der Waals surface area (Å²) in [4.78, 5) is 2.39. The largest absolute Gasteiger partial charge is 0.390 e. The van der Waals surface area contributed by atoms with Crippen molar-refractivity contribution in [2.24, 2.45) is 5.92 Å². The van der Waals surface area contributed by atoms with Gasteiger partial charge in [-0.25, -0.2) is 0 Å². The summed E-state index contributed by atoms with van der Waals surface area (Å²) >= 11 is 0. The number of aliphatic hydroxyl groups excluding tert-OH is 1. The average Bonchev–Trinajstić information content (AvgIpc) is 2.25. The standard InChI is InChI=1S/C11H24N2O/c1-9(2)4-5-13-8-11(14)7-12-6-10(13)3/h9-12,14H,4-8H2,1-3H3. The highest BCUT2D eigenvalue weighted by Gasteiger charge is 2.20. The van der Waals surface area contributed by atoms with E-state index in [2.05, 4.69) is 31.0 Å². The average molecular weight is 200 g/mol. The van der Waals surface area contributed by atoms with Gasteiger partial charge in [-0.05, 0) is 25.8 Å². The van der Waals surface area contributed by atoms with Crippen LogP contribution in [0, 0.1) is 5.92 Å². The summed E-state index contributed by atoms with van der Waals surface area (Å²) in [6.45, 7) is 10.4. The molecule has 0 amide bonds. The van der Waals surface area contributed by atoms with E-state index in [1.165, 1.54) is 6.42 Å². The maximum atomic E-state index is 9.64. The summed E-state index contributed by atoms with van der Waals surface area (Å²) in [5.74, 6) is 0.746. The highest BCUT2D eigenvalue weighted by atomic mass is 16.3. The molecule has 0 aromatic rings. The molecule has 1 aliphatic rings. The molecule has 0 saturated carbocycles. The molecule has 1 saturated heterocycles. The van der Waals surface area contributed by atoms with Crippen LogP contribution in [0.15, 0.2) is 0 Å². The first-order chi connectivity index (χ1) is 6.59. The fourth-order valence-corrected chi connectivity index (χ4v) is 1.84. The van der Waals surface area contributed by atoms with Gasteiger partial charge in [0.05, 0.1) is 6.10 Å². The van der Waals surface area contributed by atoms with Crippen molar-refractivity contribution in [3.8, 4) is 0 Å². The third kappa shape index (κ3) is 3.95. The van der Waals surface area contributed by atoms with E-state index in [0.717, 1.165) is 32.1 Å². The minimum atomic E-state index is -0.202. The molecule has 3 nitrogen and oxygen atoms in total. The second-order valence-electron chi connectivity index (χ2n) is 4.84. The Balaban J connectivity index is 2.38. The number of hydrogen-bond donors (Lipinski definition) is 2. The van der Waals surface area contributed by atoms with E-state index in [4.69, 9.17) is 0 Å². The normalized spacial score (nSPS) is 30.6. The molecule has 0 aromatic carbocycles. The lowest BCUT2D eigenvalue weighted by Crippen LogP contribution is -2.39. The molecule has 0 spiro atoms. The van der Waals surface area contributed by atoms with Crippen LogP contribution in [0.5, 0.6) is 0 Å². The molecule has 2 atom stereocenters. The van der Waals surface area contributed by atoms with Gasteiger partial charge < -0.3 is 10.4 Å². The molecule has 2 N–H and O–H groups in total. The van der Waals surface area contributed by atoms with E-state index in [9.17, 15) is 5.11 Å². The monoisotopic (exact) mass is 200 g/mol. The van der Waals surface area contributed by atoms with E-state index in [0.29, 0.717) is 6.04 Å². The van der Waals surface area contributed by atoms with E-state index in [1.807, 2.05) is 0 Å². The second-order valence-corrected chi connectivity index (χ2v) is 4.84. The van der Waals surface area contributed by atoms with Crippen molar-refractivity contribution in [3.05, 3.63) is 0 Å². The van der Waals surface area contributed by atoms with Gasteiger partial charge in [0, 0.05) is 25.7 Å². The van der Waals surface area contributed by atoms with Crippen molar-refractivity contribution in [1.29, 1.82) is 0 Å². The molecule has 0 aliphatic carbocycles. The number of nitrogens with zero attached hydrogens (tertiary/aromatic N) is 1. The zero-order chi connectivity index (χ0) is 10.6. The molecule has 1 rings (SSSR count). The summed E-state index contributed by atoms with van der Waals surface area (Å²) in [5.41, 5.74) is 0. The number of hydrogen-bond acceptors (Lipinski definition) is 3. The van der Waals surface area contributed by atoms with Crippen LogP contribution in [0.2, 0.25) is 0 Å². The first kappa shape index (κ1) is 12.0. The minimum Gasteiger partial charge on any atom is -0.390 e. The highest BCUT2D eigenvalue weighted by molar-refractivity contribution is 4.78. The molecular weight excluding hydrogens is 176 g/mol. The van der Waals surface area contributed by atoms with Gasteiger partial charge in [-0.3, -0.25) is 4.90 Å². The van der Waals surface area contributed by atoms with Gasteiger partial charge in [-0.2, -0.15) is 0 Å². The topological polar surface area (TPSA) is 35.5 Å². The predicted molar refractivity (Wildman–Crippen MR) is 59.4 cm³/mol. The number of aliphatic hydroxyl groups is 1. The Labute approximate surface area is 87.5 Å². The summed E-state index contributed by atoms with van der Waals surface area (Å²) < 4.78 is 0. The highest BCUT2D eigenvalue weighted by Crippen LogP contribution is 2.08. The Hall–Kier alpha value is -0.120. The van der Waals surface area contributed by atoms with E-state index < -0.39 is 0 Å². The molecule has 1 aliphatic heterocycles. The van der Waals surface area contributed by atoms with Crippen molar-refractivity contribution in [3.63, 3.8) is 0 Å². The van der Waals surface area contributed by atoms with Crippen molar-refractivity contribution in [1.82, 2.24) is 10.2 Å². The maximum Gasteiger partial charge on any atom is 0.0791 e. The summed E-state index contributed by atoms with van der Waals surface area (Å²) in [6, 6.07) is 0.547. The van der Waals surface area contributed by atoms with Gasteiger partial charge in [0.15, 0.2) is 0 Å². The molecular formula is C11H24N2O. The lowest BCUT2D eigenvalue weighted by Gasteiger charge is -2.28. The lowest BCUT2D eigenvalue weighted by atomic mass is 10.1. The Morgan fingerprint density at radius 3 is 2.79 bits per heavy atom. The van der Waals surface area contributed by atoms with Gasteiger partial charge in [-0.1, -0.05) is 13.8 Å². The Morgan fingerprint density at radius 1 is 1.43 bits per heavy atom. The number of rotatable bonds is 3. The van der Waals surface area contributed by atoms with E-state index >= 15 is 0 Å². The maximum absolute atomic E-state index is 9.64. The smallest absolute Gasteiger partial charge is 0.0791 e. The van der Waals surface area contributed by atoms with Gasteiger partial charge in [0.1, 0.15) is 0 Å². The van der Waals surface area contributed by atoms with Crippen LogP contribution in [0.4, 0.5) is 0 Å². The quantitative estimate of drug-likeness (QED) is 0.703. The van der Waals surface area contributed by atoms with Crippen LogP contribution >= 0.6 is 0 Å². The zero-order valence-corrected chi connectivity index (χ0v) is 9.66. The molecule has 2 unspecified atom stereocenters. The van der Waals surface area contributed by atoms with Crippen LogP contribution in [-0.2, 0) is 0 Å². The molecule has 1 heterocycles. The van der Waals surface area contributed by atoms with Crippen molar-refractivity contribution in [2.45, 2.75) is 39.3 Å². The molecule has 3 heteroatoms. The van der Waals surface area contributed by atoms with Gasteiger partial charge >= 0.3 is 0 Å². The Morgan fingerprint density at radius 2 is 2.14 bits per heavy atom. The SMILES string of the molecule is CC(C)CCN1CC(O)CNCC1C. The van der Waals surface area contributed by atoms with Crippen LogP contribution in [-0.4, -0.2) is 48.3 Å². The summed E-state index contributed by atoms with van der Waals surface area (Å²) in [5, 5.41) is 12.9. The lowest BCUT2D eigenvalue weighted by molar-refractivity contribution is 0.110. The van der Waals surface area contributed by atoms with Gasteiger partial charge in [-0.15, -0.1) is 0 Å². The van der Waals surface area contributed by atoms with Crippen LogP contribution in [0.25, 0.3) is 0 Å². The Bertz CT molecular complexity index is 161. The van der Waals surface area contributed by atoms with Crippen molar-refractivity contribution < 1.29 is 5.11 Å². The zero-order valence-electron chi connectivity index (χ0n) is 9.66. The fourth-order valence-electron chi connectivity index (χ4n) is 1.84. The first-order valence-electron chi connectivity index (χ1n) is 5.72. The minimum absolute atomic E-state index is 0.202. The molecule has 0 aromatic heterocycles. The molecule has 0 bridgehead atoms. The van der Waals surface area contributed by atoms with Crippen LogP contribution < -0.4 is 5.32 Å². The van der Waals surface area contributed by atoms with Gasteiger partial charge in [0.25, 0.3) is 0 Å². The molecule has 84 valence electrons. The molecule has 14 heavy (non-hydrogen) atoms. The third-order valence-corrected chi connectivity index (χ3v) is 2.88. The molecule has 1 fully saturated rings. The Kier molecular flexibility index (Phi) is 4.85.